The second-order valence-electron chi connectivity index (χ2n) is 31.5. The fourth-order valence-corrected chi connectivity index (χ4v) is 15.9. The molecular weight excluding hydrogens is 2190 g/mol. The Kier molecular flexibility index (Phi) is 60.5. The molecule has 6 heterocycles. The number of phenols is 1. The number of hydrogen-bond acceptors (Lipinski definition) is 24. The largest absolute Gasteiger partial charge is 1.00 e. The maximum Gasteiger partial charge on any atom is 1.00 e. The number of imide groups is 1. The summed E-state index contributed by atoms with van der Waals surface area (Å²) in [5.74, 6) is -3.47. The van der Waals surface area contributed by atoms with E-state index in [-0.39, 0.29) is 269 Å². The predicted molar refractivity (Wildman–Crippen MR) is 519 cm³/mol. The number of nitrogens with one attached hydrogen (secondary N) is 1. The first-order valence-corrected chi connectivity index (χ1v) is 47.6. The number of halogens is 5. The molecule has 6 aliphatic rings. The summed E-state index contributed by atoms with van der Waals surface area (Å²) in [5, 5.41) is 41.5. The van der Waals surface area contributed by atoms with Crippen molar-refractivity contribution in [3.63, 3.8) is 0 Å². The molecule has 0 aromatic heterocycles. The van der Waals surface area contributed by atoms with Gasteiger partial charge in [-0.2, -0.15) is 0 Å². The number of rotatable bonds is 30. The molecule has 0 aliphatic carbocycles. The molecule has 9 amide bonds. The van der Waals surface area contributed by atoms with Crippen LogP contribution in [0.5, 0.6) is 23.0 Å². The Morgan fingerprint density at radius 2 is 0.696 bits per heavy atom. The van der Waals surface area contributed by atoms with E-state index in [2.05, 4.69) is 123 Å². The Bertz CT molecular complexity index is 5160. The Hall–Kier alpha value is -6.70. The Morgan fingerprint density at radius 1 is 0.435 bits per heavy atom. The van der Waals surface area contributed by atoms with E-state index in [1.807, 2.05) is 78.9 Å². The van der Waals surface area contributed by atoms with Crippen LogP contribution in [0.1, 0.15) is 208 Å². The second-order valence-corrected chi connectivity index (χ2v) is 34.3. The van der Waals surface area contributed by atoms with Crippen LogP contribution in [0.3, 0.4) is 0 Å². The van der Waals surface area contributed by atoms with Crippen LogP contribution in [-0.4, -0.2) is 171 Å². The van der Waals surface area contributed by atoms with Crippen LogP contribution in [-0.2, 0) is 130 Å². The SMILES string of the molecule is BrCc1ccc(CBr)cc1.C.C.C1CCOC1.CC(C)(C)O.COC(=O)CCC(C(N)=O)N1Cc2c(O)cccc2C1=O.COC(=O)CCC(C(N)=O)N1Cc2c(OCc3ccc(CBr)cc3)cccc2C1=O.COC(=O)CCC(C(N)=O)N1Cc2c(OCc3ccc(CBr)cc3)cccc2C1=O.O=C([O-])[O-].O=C1CCC(N2Cc3c(OCc4ccc(CBr)cc4)cccc3C2=O)C(=O)N1.[K+].[K+].[K+]. The molecule has 6 aliphatic heterocycles. The molecule has 2 saturated heterocycles. The van der Waals surface area contributed by atoms with Gasteiger partial charge in [0, 0.05) is 110 Å². The fourth-order valence-electron chi connectivity index (χ4n) is 14.0. The number of carboxylic acid groups (broad SMARTS) is 2. The van der Waals surface area contributed by atoms with Gasteiger partial charge < -0.3 is 95.2 Å². The first kappa shape index (κ1) is 127. The topological polar surface area (TPSA) is 476 Å². The third kappa shape index (κ3) is 40.5. The van der Waals surface area contributed by atoms with Gasteiger partial charge in [0.25, 0.3) is 23.6 Å². The molecule has 4 unspecified atom stereocenters. The molecule has 0 saturated carbocycles. The summed E-state index contributed by atoms with van der Waals surface area (Å²) in [5.41, 5.74) is 29.6. The van der Waals surface area contributed by atoms with E-state index in [1.165, 1.54) is 87.7 Å². The van der Waals surface area contributed by atoms with E-state index in [1.54, 1.807) is 81.4 Å². The van der Waals surface area contributed by atoms with Gasteiger partial charge in [-0.1, -0.05) is 216 Å². The molecule has 9 N–H and O–H groups in total. The number of nitrogens with zero attached hydrogens (tertiary/aromatic N) is 4. The van der Waals surface area contributed by atoms with Crippen molar-refractivity contribution in [2.24, 2.45) is 17.2 Å². The summed E-state index contributed by atoms with van der Waals surface area (Å²) < 4.78 is 36.7. The number of benzene rings is 8. The van der Waals surface area contributed by atoms with E-state index in [4.69, 9.17) is 56.3 Å². The first-order chi connectivity index (χ1) is 63.5. The molecule has 14 rings (SSSR count). The van der Waals surface area contributed by atoms with Crippen LogP contribution in [0.2, 0.25) is 0 Å². The maximum absolute atomic E-state index is 12.9. The molecule has 0 spiro atoms. The number of methoxy groups -OCH3 is 3. The number of phenolic OH excluding ortho intramolecular Hbond substituents is 1. The Labute approximate surface area is 974 Å². The van der Waals surface area contributed by atoms with Crippen molar-refractivity contribution in [1.82, 2.24) is 24.9 Å². The average molecular weight is 2310 g/mol. The quantitative estimate of drug-likeness (QED) is 0.0122. The number of amides is 9. The van der Waals surface area contributed by atoms with E-state index < -0.39 is 77.5 Å². The normalized spacial score (nSPS) is 14.2. The van der Waals surface area contributed by atoms with Gasteiger partial charge in [-0.25, -0.2) is 0 Å². The van der Waals surface area contributed by atoms with Gasteiger partial charge in [0.05, 0.1) is 53.1 Å². The van der Waals surface area contributed by atoms with Crippen molar-refractivity contribution in [2.45, 2.75) is 202 Å². The number of hydrogen-bond donors (Lipinski definition) is 6. The summed E-state index contributed by atoms with van der Waals surface area (Å²) in [6.07, 6.45) is 1.09. The summed E-state index contributed by atoms with van der Waals surface area (Å²) in [7, 11) is 3.79. The molecule has 8 aromatic rings. The number of esters is 3. The van der Waals surface area contributed by atoms with Crippen LogP contribution in [0.25, 0.3) is 0 Å². The minimum absolute atomic E-state index is 0. The standard InChI is InChI=1S/2C22H23BrN2O5.C21H19BrN2O4.C14H16N2O5.C8H8Br2.C4H8O.C4H10O.CH2O3.2CH4.3K/c2*1-29-20(26)10-9-18(21(24)27)25-12-17-16(22(25)28)3-2-4-19(17)30-13-15-7-5-14(11-23)6-8-15;22-10-13-4-6-14(7-5-13)12-28-18-3-1-2-15-16(18)11-24(21(15)27)17-8-9-19(25)23-20(17)26;1-21-12(18)6-5-10(13(15)19)16-7-9-8(14(16)20)3-2-4-11(9)17;9-5-7-1-2-8(6-10)4-3-7;1-2-4-5-3-1;1-4(2,3)5;2-1(3)4;;;;;/h2*2-8,18H,9-13H2,1H3,(H2,24,27);1-7,17H,8-12H2,(H,23,25,26);2-4,10,17H,5-7H2,1H3,(H2,15,19);1-4H,5-6H2;1-4H2;5H,1-3H3;(H2,2,3,4);2*1H4;;;/q;;;;;;;;;;3*+1/p-2. The molecule has 138 heavy (non-hydrogen) atoms. The number of fused-ring (bicyclic) bond motifs is 4. The molecule has 2 fully saturated rings. The molecule has 8 aromatic carbocycles. The number of ether oxygens (including phenoxy) is 7. The average Bonchev–Trinajstić information content (AvgIpc) is 1.63. The van der Waals surface area contributed by atoms with E-state index in [0.717, 1.165) is 62.1 Å². The number of primary amides is 3. The zero-order valence-corrected chi connectivity index (χ0v) is 94.5. The van der Waals surface area contributed by atoms with Crippen LogP contribution in [0.4, 0.5) is 4.79 Å². The Balaban J connectivity index is 0.000000570. The summed E-state index contributed by atoms with van der Waals surface area (Å²) in [4.78, 5) is 158. The van der Waals surface area contributed by atoms with Crippen molar-refractivity contribution >= 4 is 157 Å². The molecule has 40 heteroatoms. The van der Waals surface area contributed by atoms with Crippen LogP contribution < -0.4 is 201 Å². The molecule has 32 nitrogen and oxygen atoms in total. The van der Waals surface area contributed by atoms with Crippen LogP contribution in [0, 0.1) is 0 Å². The Morgan fingerprint density at radius 3 is 0.949 bits per heavy atom. The number of aliphatic hydroxyl groups is 1. The summed E-state index contributed by atoms with van der Waals surface area (Å²) >= 11 is 17.1. The number of carbonyl (C=O) groups excluding carboxylic acids is 13. The van der Waals surface area contributed by atoms with E-state index in [0.29, 0.717) is 89.0 Å². The zero-order chi connectivity index (χ0) is 97.6. The predicted octanol–water partition coefficient (Wildman–Crippen LogP) is 3.81. The van der Waals surface area contributed by atoms with Crippen molar-refractivity contribution in [1.29, 1.82) is 0 Å². The molecular formula is C98H115Br5K3N8O24+. The summed E-state index contributed by atoms with van der Waals surface area (Å²) in [6.45, 7) is 9.13. The van der Waals surface area contributed by atoms with Crippen molar-refractivity contribution in [3.8, 4) is 23.0 Å². The van der Waals surface area contributed by atoms with Crippen molar-refractivity contribution in [2.75, 3.05) is 34.5 Å². The van der Waals surface area contributed by atoms with Gasteiger partial charge in [0.15, 0.2) is 0 Å². The third-order valence-electron chi connectivity index (χ3n) is 21.0. The van der Waals surface area contributed by atoms with Gasteiger partial charge in [0.1, 0.15) is 67.0 Å². The minimum Gasteiger partial charge on any atom is -0.652 e. The number of aromatic hydroxyl groups is 1. The van der Waals surface area contributed by atoms with Crippen LogP contribution in [0.15, 0.2) is 170 Å². The number of alkyl halides is 5. The van der Waals surface area contributed by atoms with E-state index in [9.17, 15) is 62.6 Å². The molecule has 0 radical (unpaired) electrons. The molecule has 728 valence electrons. The zero-order valence-electron chi connectivity index (χ0n) is 77.2. The number of carbonyl (C=O) groups is 13. The van der Waals surface area contributed by atoms with Gasteiger partial charge >= 0.3 is 172 Å². The van der Waals surface area contributed by atoms with Crippen molar-refractivity contribution < 1.29 is 270 Å². The maximum atomic E-state index is 12.9. The number of nitrogens with two attached hydrogens (primary N) is 3. The van der Waals surface area contributed by atoms with E-state index >= 15 is 0 Å². The van der Waals surface area contributed by atoms with Gasteiger partial charge in [-0.3, -0.25) is 62.9 Å². The second kappa shape index (κ2) is 65.5. The smallest absolute Gasteiger partial charge is 0.652 e. The third-order valence-corrected chi connectivity index (χ3v) is 24.2. The number of piperidine rings is 1. The van der Waals surface area contributed by atoms with Crippen molar-refractivity contribution in [3.05, 3.63) is 259 Å². The first-order valence-electron chi connectivity index (χ1n) is 42.0. The van der Waals surface area contributed by atoms with Gasteiger partial charge in [-0.05, 0) is 158 Å². The van der Waals surface area contributed by atoms with Crippen LogP contribution >= 0.6 is 79.6 Å². The van der Waals surface area contributed by atoms with Gasteiger partial charge in [-0.15, -0.1) is 0 Å². The minimum atomic E-state index is -2.33. The molecule has 0 bridgehead atoms. The summed E-state index contributed by atoms with van der Waals surface area (Å²) in [6, 6.07) is 49.9. The monoisotopic (exact) mass is 2300 g/mol. The fraction of sp³-hybridized carbons (Fsp3) is 0.378. The van der Waals surface area contributed by atoms with Gasteiger partial charge in [0.2, 0.25) is 29.5 Å². The molecule has 4 atom stereocenters.